The van der Waals surface area contributed by atoms with E-state index in [0.717, 1.165) is 36.4 Å². The summed E-state index contributed by atoms with van der Waals surface area (Å²) in [5, 5.41) is 7.36. The van der Waals surface area contributed by atoms with Gasteiger partial charge in [0.05, 0.1) is 6.20 Å². The third-order valence-electron chi connectivity index (χ3n) is 3.00. The standard InChI is InChI=1S/C13H19N5O/c1-3-4-5-10(13(14)19)17-12-8-9(2)16-11-6-7-15-18(11)12/h6-8,10,17H,3-5H2,1-2H3,(H2,14,19)/t10-/m1/s1. The molecule has 1 atom stereocenters. The lowest BCUT2D eigenvalue weighted by atomic mass is 10.1. The molecule has 6 nitrogen and oxygen atoms in total. The van der Waals surface area contributed by atoms with Crippen molar-refractivity contribution in [2.45, 2.75) is 39.2 Å². The third-order valence-corrected chi connectivity index (χ3v) is 3.00. The number of hydrogen-bond acceptors (Lipinski definition) is 4. The summed E-state index contributed by atoms with van der Waals surface area (Å²) in [6, 6.07) is 3.31. The lowest BCUT2D eigenvalue weighted by Crippen LogP contribution is -2.36. The Morgan fingerprint density at radius 1 is 1.58 bits per heavy atom. The lowest BCUT2D eigenvalue weighted by Gasteiger charge is -2.17. The second kappa shape index (κ2) is 5.69. The summed E-state index contributed by atoms with van der Waals surface area (Å²) >= 11 is 0. The Kier molecular flexibility index (Phi) is 3.99. The number of fused-ring (bicyclic) bond motifs is 1. The summed E-state index contributed by atoms with van der Waals surface area (Å²) in [7, 11) is 0. The van der Waals surface area contributed by atoms with Crippen molar-refractivity contribution in [3.63, 3.8) is 0 Å². The van der Waals surface area contributed by atoms with Crippen molar-refractivity contribution in [3.05, 3.63) is 24.0 Å². The highest BCUT2D eigenvalue weighted by Crippen LogP contribution is 2.14. The van der Waals surface area contributed by atoms with Gasteiger partial charge < -0.3 is 11.1 Å². The smallest absolute Gasteiger partial charge is 0.239 e. The zero-order valence-electron chi connectivity index (χ0n) is 11.3. The predicted octanol–water partition coefficient (Wildman–Crippen LogP) is 1.49. The first-order valence-corrected chi connectivity index (χ1v) is 6.49. The number of nitrogens with one attached hydrogen (secondary N) is 1. The number of anilines is 1. The molecule has 0 saturated heterocycles. The van der Waals surface area contributed by atoms with Crippen LogP contribution in [0, 0.1) is 6.92 Å². The van der Waals surface area contributed by atoms with E-state index in [1.54, 1.807) is 10.7 Å². The Morgan fingerprint density at radius 2 is 2.37 bits per heavy atom. The maximum atomic E-state index is 11.5. The summed E-state index contributed by atoms with van der Waals surface area (Å²) in [6.45, 7) is 3.99. The van der Waals surface area contributed by atoms with Crippen molar-refractivity contribution in [1.29, 1.82) is 0 Å². The van der Waals surface area contributed by atoms with Crippen molar-refractivity contribution in [2.75, 3.05) is 5.32 Å². The molecule has 19 heavy (non-hydrogen) atoms. The van der Waals surface area contributed by atoms with Gasteiger partial charge in [-0.05, 0) is 13.3 Å². The SMILES string of the molecule is CCCC[C@@H](Nc1cc(C)nc2ccnn12)C(N)=O. The summed E-state index contributed by atoms with van der Waals surface area (Å²) < 4.78 is 1.68. The average molecular weight is 261 g/mol. The lowest BCUT2D eigenvalue weighted by molar-refractivity contribution is -0.118. The minimum atomic E-state index is -0.380. The molecule has 102 valence electrons. The molecule has 0 unspecified atom stereocenters. The van der Waals surface area contributed by atoms with Crippen molar-refractivity contribution in [3.8, 4) is 0 Å². The number of nitrogens with zero attached hydrogens (tertiary/aromatic N) is 3. The monoisotopic (exact) mass is 261 g/mol. The molecule has 0 saturated carbocycles. The summed E-state index contributed by atoms with van der Waals surface area (Å²) in [6.07, 6.45) is 4.37. The van der Waals surface area contributed by atoms with Gasteiger partial charge in [-0.3, -0.25) is 4.79 Å². The van der Waals surface area contributed by atoms with Crippen LogP contribution in [0.15, 0.2) is 18.3 Å². The van der Waals surface area contributed by atoms with E-state index in [1.807, 2.05) is 19.1 Å². The van der Waals surface area contributed by atoms with Crippen molar-refractivity contribution in [1.82, 2.24) is 14.6 Å². The van der Waals surface area contributed by atoms with Gasteiger partial charge >= 0.3 is 0 Å². The van der Waals surface area contributed by atoms with E-state index in [1.165, 1.54) is 0 Å². The van der Waals surface area contributed by atoms with Gasteiger partial charge in [-0.2, -0.15) is 9.61 Å². The molecule has 6 heteroatoms. The highest BCUT2D eigenvalue weighted by molar-refractivity contribution is 5.82. The van der Waals surface area contributed by atoms with E-state index in [4.69, 9.17) is 5.73 Å². The van der Waals surface area contributed by atoms with Crippen LogP contribution in [0.4, 0.5) is 5.82 Å². The molecule has 0 aliphatic heterocycles. The van der Waals surface area contributed by atoms with Crippen LogP contribution < -0.4 is 11.1 Å². The molecular weight excluding hydrogens is 242 g/mol. The van der Waals surface area contributed by atoms with Crippen molar-refractivity contribution < 1.29 is 4.79 Å². The number of amides is 1. The van der Waals surface area contributed by atoms with Gasteiger partial charge in [0.2, 0.25) is 5.91 Å². The normalized spacial score (nSPS) is 12.5. The molecule has 2 rings (SSSR count). The van der Waals surface area contributed by atoms with E-state index in [-0.39, 0.29) is 11.9 Å². The van der Waals surface area contributed by atoms with Crippen molar-refractivity contribution >= 4 is 17.4 Å². The fourth-order valence-electron chi connectivity index (χ4n) is 2.01. The number of carbonyl (C=O) groups excluding carboxylic acids is 1. The topological polar surface area (TPSA) is 85.3 Å². The number of hydrogen-bond donors (Lipinski definition) is 2. The number of rotatable bonds is 6. The molecule has 0 aromatic carbocycles. The van der Waals surface area contributed by atoms with Gasteiger partial charge in [-0.25, -0.2) is 4.98 Å². The second-order valence-electron chi connectivity index (χ2n) is 4.63. The maximum absolute atomic E-state index is 11.5. The van der Waals surface area contributed by atoms with Crippen LogP contribution in [-0.4, -0.2) is 26.5 Å². The van der Waals surface area contributed by atoms with Gasteiger partial charge in [0, 0.05) is 17.8 Å². The van der Waals surface area contributed by atoms with Gasteiger partial charge in [0.15, 0.2) is 5.65 Å². The summed E-state index contributed by atoms with van der Waals surface area (Å²) in [5.41, 5.74) is 7.06. The molecule has 0 radical (unpaired) electrons. The third kappa shape index (κ3) is 3.01. The van der Waals surface area contributed by atoms with Crippen LogP contribution in [-0.2, 0) is 4.79 Å². The fourth-order valence-corrected chi connectivity index (χ4v) is 2.01. The Hall–Kier alpha value is -2.11. The first-order chi connectivity index (χ1) is 9.11. The number of nitrogens with two attached hydrogens (primary N) is 1. The minimum Gasteiger partial charge on any atom is -0.368 e. The molecule has 0 aliphatic rings. The van der Waals surface area contributed by atoms with Crippen LogP contribution in [0.25, 0.3) is 5.65 Å². The number of unbranched alkanes of at least 4 members (excludes halogenated alkanes) is 1. The molecule has 2 aromatic heterocycles. The molecular formula is C13H19N5O. The van der Waals surface area contributed by atoms with Crippen LogP contribution in [0.5, 0.6) is 0 Å². The Bertz CT molecular complexity index is 577. The molecule has 3 N–H and O–H groups in total. The van der Waals surface area contributed by atoms with Crippen LogP contribution in [0.2, 0.25) is 0 Å². The first-order valence-electron chi connectivity index (χ1n) is 6.49. The zero-order chi connectivity index (χ0) is 13.8. The Labute approximate surface area is 112 Å². The highest BCUT2D eigenvalue weighted by atomic mass is 16.1. The second-order valence-corrected chi connectivity index (χ2v) is 4.63. The summed E-state index contributed by atoms with van der Waals surface area (Å²) in [5.74, 6) is 0.399. The van der Waals surface area contributed by atoms with Gasteiger partial charge in [0.25, 0.3) is 0 Å². The van der Waals surface area contributed by atoms with Crippen LogP contribution >= 0.6 is 0 Å². The quantitative estimate of drug-likeness (QED) is 0.825. The van der Waals surface area contributed by atoms with E-state index in [0.29, 0.717) is 0 Å². The van der Waals surface area contributed by atoms with E-state index < -0.39 is 0 Å². The minimum absolute atomic E-state index is 0.344. The number of primary amides is 1. The molecule has 0 aliphatic carbocycles. The van der Waals surface area contributed by atoms with Gasteiger partial charge in [0.1, 0.15) is 11.9 Å². The average Bonchev–Trinajstić information content (AvgIpc) is 2.81. The van der Waals surface area contributed by atoms with Crippen molar-refractivity contribution in [2.24, 2.45) is 5.73 Å². The molecule has 0 fully saturated rings. The largest absolute Gasteiger partial charge is 0.368 e. The fraction of sp³-hybridized carbons (Fsp3) is 0.462. The van der Waals surface area contributed by atoms with Gasteiger partial charge in [-0.15, -0.1) is 0 Å². The number of aryl methyl sites for hydroxylation is 1. The van der Waals surface area contributed by atoms with E-state index in [2.05, 4.69) is 22.3 Å². The molecule has 2 heterocycles. The van der Waals surface area contributed by atoms with E-state index >= 15 is 0 Å². The van der Waals surface area contributed by atoms with Crippen LogP contribution in [0.3, 0.4) is 0 Å². The first kappa shape index (κ1) is 13.3. The molecule has 2 aromatic rings. The predicted molar refractivity (Wildman–Crippen MR) is 73.9 cm³/mol. The molecule has 1 amide bonds. The molecule has 0 bridgehead atoms. The van der Waals surface area contributed by atoms with Crippen LogP contribution in [0.1, 0.15) is 31.9 Å². The number of aromatic nitrogens is 3. The Morgan fingerprint density at radius 3 is 3.05 bits per heavy atom. The van der Waals surface area contributed by atoms with E-state index in [9.17, 15) is 4.79 Å². The Balaban J connectivity index is 2.27. The number of carbonyl (C=O) groups is 1. The highest BCUT2D eigenvalue weighted by Gasteiger charge is 2.16. The zero-order valence-corrected chi connectivity index (χ0v) is 11.3. The summed E-state index contributed by atoms with van der Waals surface area (Å²) in [4.78, 5) is 15.8. The van der Waals surface area contributed by atoms with Gasteiger partial charge in [-0.1, -0.05) is 19.8 Å². The maximum Gasteiger partial charge on any atom is 0.239 e. The molecule has 0 spiro atoms.